The SMILES string of the molecule is COc1cc(/C=N\NC(=O)c2oc3ccccc3c2C)cc(Cl)c1OC(F)F. The number of aryl methyl sites for hydroxylation is 1. The van der Waals surface area contributed by atoms with Crippen molar-refractivity contribution in [3.8, 4) is 11.5 Å². The van der Waals surface area contributed by atoms with Crippen LogP contribution in [-0.4, -0.2) is 25.8 Å². The van der Waals surface area contributed by atoms with E-state index < -0.39 is 12.5 Å². The third-order valence-electron chi connectivity index (χ3n) is 3.89. The van der Waals surface area contributed by atoms with Gasteiger partial charge in [-0.05, 0) is 30.7 Å². The molecule has 1 N–H and O–H groups in total. The fourth-order valence-corrected chi connectivity index (χ4v) is 2.89. The van der Waals surface area contributed by atoms with Crippen molar-refractivity contribution < 1.29 is 27.5 Å². The lowest BCUT2D eigenvalue weighted by Crippen LogP contribution is -2.17. The molecule has 3 rings (SSSR count). The van der Waals surface area contributed by atoms with Crippen LogP contribution in [-0.2, 0) is 0 Å². The van der Waals surface area contributed by atoms with Crippen molar-refractivity contribution in [1.82, 2.24) is 5.43 Å². The molecule has 2 aromatic carbocycles. The molecule has 146 valence electrons. The molecule has 0 bridgehead atoms. The molecule has 0 spiro atoms. The number of furan rings is 1. The van der Waals surface area contributed by atoms with Crippen LogP contribution in [0.25, 0.3) is 11.0 Å². The van der Waals surface area contributed by atoms with Gasteiger partial charge in [-0.1, -0.05) is 29.8 Å². The van der Waals surface area contributed by atoms with E-state index in [2.05, 4.69) is 15.3 Å². The van der Waals surface area contributed by atoms with E-state index in [0.717, 1.165) is 5.39 Å². The van der Waals surface area contributed by atoms with E-state index in [1.54, 1.807) is 13.0 Å². The second-order valence-electron chi connectivity index (χ2n) is 5.66. The minimum Gasteiger partial charge on any atom is -0.493 e. The van der Waals surface area contributed by atoms with Crippen molar-refractivity contribution >= 4 is 34.7 Å². The number of halogens is 3. The fraction of sp³-hybridized carbons (Fsp3) is 0.158. The Hall–Kier alpha value is -3.13. The predicted octanol–water partition coefficient (Wildman–Crippen LogP) is 4.77. The molecule has 1 amide bonds. The number of ether oxygens (including phenoxy) is 2. The predicted molar refractivity (Wildman–Crippen MR) is 101 cm³/mol. The number of hydrogen-bond donors (Lipinski definition) is 1. The molecule has 3 aromatic rings. The van der Waals surface area contributed by atoms with Gasteiger partial charge in [0.1, 0.15) is 5.58 Å². The van der Waals surface area contributed by atoms with Gasteiger partial charge in [0.25, 0.3) is 0 Å². The Balaban J connectivity index is 1.77. The van der Waals surface area contributed by atoms with Crippen LogP contribution in [0.4, 0.5) is 8.78 Å². The number of rotatable bonds is 6. The van der Waals surface area contributed by atoms with E-state index >= 15 is 0 Å². The standard InChI is InChI=1S/C19H15ClF2N2O4/c1-10-12-5-3-4-6-14(12)27-16(10)18(25)24-23-9-11-7-13(20)17(28-19(21)22)15(8-11)26-2/h3-9,19H,1-2H3,(H,24,25)/b23-9-. The molecule has 28 heavy (non-hydrogen) atoms. The summed E-state index contributed by atoms with van der Waals surface area (Å²) in [4.78, 5) is 12.3. The van der Waals surface area contributed by atoms with Gasteiger partial charge >= 0.3 is 12.5 Å². The Morgan fingerprint density at radius 3 is 2.75 bits per heavy atom. The van der Waals surface area contributed by atoms with E-state index in [1.807, 2.05) is 18.2 Å². The number of benzene rings is 2. The number of methoxy groups -OCH3 is 1. The van der Waals surface area contributed by atoms with Crippen molar-refractivity contribution in [2.75, 3.05) is 7.11 Å². The number of alkyl halides is 2. The Morgan fingerprint density at radius 2 is 2.07 bits per heavy atom. The zero-order valence-corrected chi connectivity index (χ0v) is 15.6. The number of carbonyl (C=O) groups is 1. The Morgan fingerprint density at radius 1 is 1.32 bits per heavy atom. The highest BCUT2D eigenvalue weighted by molar-refractivity contribution is 6.32. The molecule has 0 fully saturated rings. The molecule has 0 unspecified atom stereocenters. The first-order valence-electron chi connectivity index (χ1n) is 8.04. The highest BCUT2D eigenvalue weighted by Gasteiger charge is 2.17. The lowest BCUT2D eigenvalue weighted by atomic mass is 10.1. The smallest absolute Gasteiger partial charge is 0.387 e. The van der Waals surface area contributed by atoms with Gasteiger partial charge in [0.15, 0.2) is 17.3 Å². The van der Waals surface area contributed by atoms with Gasteiger partial charge in [-0.2, -0.15) is 13.9 Å². The maximum absolute atomic E-state index is 12.5. The lowest BCUT2D eigenvalue weighted by molar-refractivity contribution is -0.0511. The molecule has 9 heteroatoms. The highest BCUT2D eigenvalue weighted by atomic mass is 35.5. The zero-order chi connectivity index (χ0) is 20.3. The van der Waals surface area contributed by atoms with Crippen LogP contribution < -0.4 is 14.9 Å². The average Bonchev–Trinajstić information content (AvgIpc) is 3.00. The van der Waals surface area contributed by atoms with Crippen LogP contribution in [0.5, 0.6) is 11.5 Å². The zero-order valence-electron chi connectivity index (χ0n) is 14.8. The number of para-hydroxylation sites is 1. The molecule has 6 nitrogen and oxygen atoms in total. The summed E-state index contributed by atoms with van der Waals surface area (Å²) in [7, 11) is 1.29. The van der Waals surface area contributed by atoms with Crippen LogP contribution in [0.3, 0.4) is 0 Å². The number of nitrogens with zero attached hydrogens (tertiary/aromatic N) is 1. The first-order valence-corrected chi connectivity index (χ1v) is 8.42. The largest absolute Gasteiger partial charge is 0.493 e. The summed E-state index contributed by atoms with van der Waals surface area (Å²) in [6.45, 7) is -1.27. The van der Waals surface area contributed by atoms with Gasteiger partial charge in [-0.3, -0.25) is 4.79 Å². The summed E-state index contributed by atoms with van der Waals surface area (Å²) in [6, 6.07) is 10.0. The number of nitrogens with one attached hydrogen (secondary N) is 1. The molecule has 0 atom stereocenters. The monoisotopic (exact) mass is 408 g/mol. The molecule has 0 aliphatic heterocycles. The molecule has 0 saturated carbocycles. The first-order chi connectivity index (χ1) is 13.4. The average molecular weight is 409 g/mol. The second-order valence-corrected chi connectivity index (χ2v) is 6.07. The summed E-state index contributed by atoms with van der Waals surface area (Å²) < 4.78 is 39.8. The van der Waals surface area contributed by atoms with Crippen LogP contribution in [0.1, 0.15) is 21.7 Å². The van der Waals surface area contributed by atoms with Gasteiger partial charge in [-0.15, -0.1) is 0 Å². The first kappa shape index (κ1) is 19.6. The van der Waals surface area contributed by atoms with Crippen LogP contribution in [0, 0.1) is 6.92 Å². The van der Waals surface area contributed by atoms with Crippen LogP contribution in [0.2, 0.25) is 5.02 Å². The van der Waals surface area contributed by atoms with Crippen molar-refractivity contribution in [3.63, 3.8) is 0 Å². The maximum Gasteiger partial charge on any atom is 0.387 e. The summed E-state index contributed by atoms with van der Waals surface area (Å²) >= 11 is 5.96. The molecular weight excluding hydrogens is 394 g/mol. The molecule has 0 aliphatic rings. The quantitative estimate of drug-likeness (QED) is 0.471. The molecule has 0 saturated heterocycles. The normalized spacial score (nSPS) is 11.4. The summed E-state index contributed by atoms with van der Waals surface area (Å²) in [5, 5.41) is 4.60. The fourth-order valence-electron chi connectivity index (χ4n) is 2.62. The summed E-state index contributed by atoms with van der Waals surface area (Å²) in [6.07, 6.45) is 1.29. The Labute approximate surface area is 163 Å². The van der Waals surface area contributed by atoms with E-state index in [0.29, 0.717) is 16.7 Å². The number of amides is 1. The van der Waals surface area contributed by atoms with Gasteiger partial charge in [0.2, 0.25) is 0 Å². The van der Waals surface area contributed by atoms with Gasteiger partial charge in [0, 0.05) is 10.9 Å². The van der Waals surface area contributed by atoms with Gasteiger partial charge < -0.3 is 13.9 Å². The van der Waals surface area contributed by atoms with Gasteiger partial charge in [-0.25, -0.2) is 5.43 Å². The maximum atomic E-state index is 12.5. The number of hydrogen-bond acceptors (Lipinski definition) is 5. The molecule has 0 aliphatic carbocycles. The van der Waals surface area contributed by atoms with E-state index in [4.69, 9.17) is 20.8 Å². The molecule has 1 aromatic heterocycles. The van der Waals surface area contributed by atoms with Crippen molar-refractivity contribution in [2.45, 2.75) is 13.5 Å². The molecular formula is C19H15ClF2N2O4. The summed E-state index contributed by atoms with van der Waals surface area (Å²) in [5.74, 6) is -0.651. The van der Waals surface area contributed by atoms with E-state index in [-0.39, 0.29) is 22.3 Å². The topological polar surface area (TPSA) is 73.1 Å². The van der Waals surface area contributed by atoms with Crippen molar-refractivity contribution in [1.29, 1.82) is 0 Å². The Bertz CT molecular complexity index is 1050. The minimum atomic E-state index is -3.04. The lowest BCUT2D eigenvalue weighted by Gasteiger charge is -2.12. The van der Waals surface area contributed by atoms with E-state index in [1.165, 1.54) is 25.5 Å². The van der Waals surface area contributed by atoms with Gasteiger partial charge in [0.05, 0.1) is 18.3 Å². The minimum absolute atomic E-state index is 0.00806. The number of carbonyl (C=O) groups excluding carboxylic acids is 1. The third-order valence-corrected chi connectivity index (χ3v) is 4.17. The van der Waals surface area contributed by atoms with Crippen molar-refractivity contribution in [3.05, 3.63) is 58.3 Å². The number of fused-ring (bicyclic) bond motifs is 1. The Kier molecular flexibility index (Phi) is 5.79. The molecule has 0 radical (unpaired) electrons. The van der Waals surface area contributed by atoms with Crippen molar-refractivity contribution in [2.24, 2.45) is 5.10 Å². The summed E-state index contributed by atoms with van der Waals surface area (Å²) in [5.41, 5.74) is 4.06. The third kappa shape index (κ3) is 4.07. The number of hydrazone groups is 1. The van der Waals surface area contributed by atoms with E-state index in [9.17, 15) is 13.6 Å². The second kappa shape index (κ2) is 8.26. The van der Waals surface area contributed by atoms with Crippen LogP contribution >= 0.6 is 11.6 Å². The molecule has 1 heterocycles. The van der Waals surface area contributed by atoms with Crippen LogP contribution in [0.15, 0.2) is 45.9 Å². The highest BCUT2D eigenvalue weighted by Crippen LogP contribution is 2.37.